The summed E-state index contributed by atoms with van der Waals surface area (Å²) in [6, 6.07) is 11.8. The second kappa shape index (κ2) is 12.4. The molecule has 0 aliphatic carbocycles. The van der Waals surface area contributed by atoms with Crippen LogP contribution in [0.2, 0.25) is 0 Å². The summed E-state index contributed by atoms with van der Waals surface area (Å²) in [6.45, 7) is 7.38. The Bertz CT molecular complexity index is 1510. The van der Waals surface area contributed by atoms with Gasteiger partial charge >= 0.3 is 5.97 Å². The van der Waals surface area contributed by atoms with Gasteiger partial charge in [0.25, 0.3) is 0 Å². The minimum atomic E-state index is -0.400. The fraction of sp³-hybridized carbons (Fsp3) is 0.344. The van der Waals surface area contributed by atoms with Gasteiger partial charge in [-0.05, 0) is 79.8 Å². The summed E-state index contributed by atoms with van der Waals surface area (Å²) in [5.74, 6) is -0.390. The number of aromatic amines is 2. The summed E-state index contributed by atoms with van der Waals surface area (Å²) in [7, 11) is 3.53. The van der Waals surface area contributed by atoms with E-state index in [4.69, 9.17) is 4.74 Å². The number of fused-ring (bicyclic) bond motifs is 1. The number of carbonyl (C=O) groups is 2. The van der Waals surface area contributed by atoms with Crippen LogP contribution in [-0.4, -0.2) is 76.8 Å². The molecule has 3 aromatic heterocycles. The van der Waals surface area contributed by atoms with Gasteiger partial charge in [-0.1, -0.05) is 24.3 Å². The van der Waals surface area contributed by atoms with Crippen LogP contribution in [0, 0.1) is 6.92 Å². The van der Waals surface area contributed by atoms with Gasteiger partial charge in [0.2, 0.25) is 0 Å². The van der Waals surface area contributed by atoms with Crippen LogP contribution >= 0.6 is 0 Å². The molecular weight excluding hydrogens is 502 g/mol. The first-order valence-corrected chi connectivity index (χ1v) is 13.8. The average molecular weight is 540 g/mol. The van der Waals surface area contributed by atoms with Crippen molar-refractivity contribution in [1.29, 1.82) is 0 Å². The third-order valence-electron chi connectivity index (χ3n) is 7.77. The van der Waals surface area contributed by atoms with Crippen LogP contribution in [0.5, 0.6) is 0 Å². The molecule has 0 bridgehead atoms. The molecule has 1 aliphatic heterocycles. The Morgan fingerprint density at radius 1 is 1.05 bits per heavy atom. The first-order valence-electron chi connectivity index (χ1n) is 13.8. The third-order valence-corrected chi connectivity index (χ3v) is 7.77. The van der Waals surface area contributed by atoms with Crippen LogP contribution in [0.25, 0.3) is 17.1 Å². The van der Waals surface area contributed by atoms with E-state index >= 15 is 0 Å². The number of hydrogen-bond donors (Lipinski definition) is 2. The average Bonchev–Trinajstić information content (AvgIpc) is 3.56. The van der Waals surface area contributed by atoms with Crippen molar-refractivity contribution in [3.8, 4) is 0 Å². The molecule has 1 saturated heterocycles. The Morgan fingerprint density at radius 2 is 1.82 bits per heavy atom. The second-order valence-electron chi connectivity index (χ2n) is 10.6. The predicted molar refractivity (Wildman–Crippen MR) is 158 cm³/mol. The molecule has 5 rings (SSSR count). The number of aromatic nitrogens is 3. The van der Waals surface area contributed by atoms with Crippen LogP contribution in [0.15, 0.2) is 54.9 Å². The number of nitrogens with one attached hydrogen (secondary N) is 2. The van der Waals surface area contributed by atoms with Gasteiger partial charge in [-0.15, -0.1) is 0 Å². The summed E-state index contributed by atoms with van der Waals surface area (Å²) < 4.78 is 4.78. The van der Waals surface area contributed by atoms with E-state index in [1.807, 2.05) is 30.6 Å². The number of piperazine rings is 1. The zero-order valence-corrected chi connectivity index (χ0v) is 23.5. The lowest BCUT2D eigenvalue weighted by molar-refractivity contribution is 0.0595. The van der Waals surface area contributed by atoms with Crippen molar-refractivity contribution in [2.24, 2.45) is 0 Å². The van der Waals surface area contributed by atoms with Gasteiger partial charge in [-0.2, -0.15) is 0 Å². The number of pyridine rings is 1. The minimum absolute atomic E-state index is 0.0105. The van der Waals surface area contributed by atoms with Gasteiger partial charge in [0, 0.05) is 61.8 Å². The Labute approximate surface area is 235 Å². The van der Waals surface area contributed by atoms with E-state index in [9.17, 15) is 9.59 Å². The standard InChI is InChI=1S/C32H37N5O3/c1-22-26(11-12-30(38)25-9-7-23(8-10-25)21-37-15-13-36(2)14-16-37)20-33-28(22)6-4-5-24-17-27-18-29(32(39)40-3)35-31(27)34-19-24/h7-12,17-20,33H,4-6,13-16,21H2,1-3H3,(H,34,35)/b12-11+. The van der Waals surface area contributed by atoms with Crippen molar-refractivity contribution in [3.05, 3.63) is 94.1 Å². The van der Waals surface area contributed by atoms with E-state index in [2.05, 4.69) is 56.9 Å². The molecule has 1 fully saturated rings. The third kappa shape index (κ3) is 6.58. The number of H-pyrrole nitrogens is 2. The fourth-order valence-corrected chi connectivity index (χ4v) is 5.18. The van der Waals surface area contributed by atoms with Gasteiger partial charge in [-0.25, -0.2) is 9.78 Å². The van der Waals surface area contributed by atoms with E-state index in [1.54, 1.807) is 12.1 Å². The molecule has 0 radical (unpaired) electrons. The molecule has 8 heteroatoms. The molecular formula is C32H37N5O3. The van der Waals surface area contributed by atoms with Crippen molar-refractivity contribution in [2.75, 3.05) is 40.3 Å². The minimum Gasteiger partial charge on any atom is -0.464 e. The quantitative estimate of drug-likeness (QED) is 0.171. The number of esters is 1. The molecule has 208 valence electrons. The molecule has 4 heterocycles. The van der Waals surface area contributed by atoms with Crippen LogP contribution < -0.4 is 0 Å². The summed E-state index contributed by atoms with van der Waals surface area (Å²) in [5.41, 5.74) is 7.51. The molecule has 1 aromatic carbocycles. The number of carbonyl (C=O) groups excluding carboxylic acids is 2. The molecule has 0 saturated carbocycles. The van der Waals surface area contributed by atoms with Gasteiger partial charge < -0.3 is 19.6 Å². The highest BCUT2D eigenvalue weighted by molar-refractivity contribution is 6.06. The zero-order chi connectivity index (χ0) is 28.1. The van der Waals surface area contributed by atoms with Crippen LogP contribution in [-0.2, 0) is 24.1 Å². The first kappa shape index (κ1) is 27.6. The zero-order valence-electron chi connectivity index (χ0n) is 23.5. The molecule has 8 nitrogen and oxygen atoms in total. The fourth-order valence-electron chi connectivity index (χ4n) is 5.18. The number of methoxy groups -OCH3 is 1. The maximum atomic E-state index is 12.8. The largest absolute Gasteiger partial charge is 0.464 e. The summed E-state index contributed by atoms with van der Waals surface area (Å²) in [4.78, 5) is 40.2. The number of nitrogens with zero attached hydrogens (tertiary/aromatic N) is 3. The Balaban J connectivity index is 1.13. The SMILES string of the molecule is COC(=O)c1cc2cc(CCCc3[nH]cc(/C=C/C(=O)c4ccc(CN5CCN(C)CC5)cc4)c3C)cnc2[nH]1. The molecule has 0 atom stereocenters. The number of rotatable bonds is 10. The molecule has 0 unspecified atom stereocenters. The number of ketones is 1. The van der Waals surface area contributed by atoms with Crippen LogP contribution in [0.1, 0.15) is 55.2 Å². The monoisotopic (exact) mass is 539 g/mol. The lowest BCUT2D eigenvalue weighted by Gasteiger charge is -2.32. The summed E-state index contributed by atoms with van der Waals surface area (Å²) >= 11 is 0. The van der Waals surface area contributed by atoms with Crippen LogP contribution in [0.3, 0.4) is 0 Å². The molecule has 2 N–H and O–H groups in total. The van der Waals surface area contributed by atoms with E-state index < -0.39 is 5.97 Å². The number of benzene rings is 1. The molecule has 0 spiro atoms. The Kier molecular flexibility index (Phi) is 8.57. The molecule has 40 heavy (non-hydrogen) atoms. The first-order chi connectivity index (χ1) is 19.4. The highest BCUT2D eigenvalue weighted by Gasteiger charge is 2.14. The van der Waals surface area contributed by atoms with Crippen molar-refractivity contribution in [1.82, 2.24) is 24.8 Å². The van der Waals surface area contributed by atoms with Crippen molar-refractivity contribution < 1.29 is 14.3 Å². The van der Waals surface area contributed by atoms with E-state index in [0.29, 0.717) is 16.9 Å². The molecule has 0 amide bonds. The van der Waals surface area contributed by atoms with Crippen LogP contribution in [0.4, 0.5) is 0 Å². The van der Waals surface area contributed by atoms with Gasteiger partial charge in [-0.3, -0.25) is 9.69 Å². The van der Waals surface area contributed by atoms with Gasteiger partial charge in [0.15, 0.2) is 5.78 Å². The lowest BCUT2D eigenvalue weighted by Crippen LogP contribution is -2.43. The predicted octanol–water partition coefficient (Wildman–Crippen LogP) is 4.80. The van der Waals surface area contributed by atoms with Gasteiger partial charge in [0.1, 0.15) is 11.3 Å². The van der Waals surface area contributed by atoms with E-state index in [-0.39, 0.29) is 5.78 Å². The summed E-state index contributed by atoms with van der Waals surface area (Å²) in [6.07, 6.45) is 10.1. The molecule has 4 aromatic rings. The Morgan fingerprint density at radius 3 is 2.58 bits per heavy atom. The normalized spacial score (nSPS) is 14.8. The Hall–Kier alpha value is -4.01. The maximum Gasteiger partial charge on any atom is 0.354 e. The summed E-state index contributed by atoms with van der Waals surface area (Å²) in [5, 5.41) is 0.899. The number of allylic oxidation sites excluding steroid dienone is 1. The van der Waals surface area contributed by atoms with Crippen molar-refractivity contribution in [2.45, 2.75) is 32.7 Å². The van der Waals surface area contributed by atoms with Gasteiger partial charge in [0.05, 0.1) is 7.11 Å². The van der Waals surface area contributed by atoms with E-state index in [0.717, 1.165) is 74.1 Å². The number of ether oxygens (including phenoxy) is 1. The number of hydrogen-bond acceptors (Lipinski definition) is 6. The number of aryl methyl sites for hydroxylation is 2. The lowest BCUT2D eigenvalue weighted by atomic mass is 10.0. The van der Waals surface area contributed by atoms with Crippen molar-refractivity contribution >= 4 is 28.9 Å². The second-order valence-corrected chi connectivity index (χ2v) is 10.6. The highest BCUT2D eigenvalue weighted by Crippen LogP contribution is 2.20. The molecule has 1 aliphatic rings. The topological polar surface area (TPSA) is 94.3 Å². The van der Waals surface area contributed by atoms with Crippen molar-refractivity contribution in [3.63, 3.8) is 0 Å². The number of likely N-dealkylation sites (N-methyl/N-ethyl adjacent to an activating group) is 1. The maximum absolute atomic E-state index is 12.8. The smallest absolute Gasteiger partial charge is 0.354 e. The highest BCUT2D eigenvalue weighted by atomic mass is 16.5. The van der Waals surface area contributed by atoms with E-state index in [1.165, 1.54) is 18.4 Å².